The second-order valence-corrected chi connectivity index (χ2v) is 4.40. The van der Waals surface area contributed by atoms with Gasteiger partial charge in [0.1, 0.15) is 0 Å². The van der Waals surface area contributed by atoms with E-state index in [-0.39, 0.29) is 11.7 Å². The maximum absolute atomic E-state index is 12.4. The Morgan fingerprint density at radius 2 is 2.06 bits per heavy atom. The molecule has 2 nitrogen and oxygen atoms in total. The van der Waals surface area contributed by atoms with Gasteiger partial charge in [-0.25, -0.2) is 0 Å². The van der Waals surface area contributed by atoms with E-state index in [9.17, 15) is 4.79 Å². The topological polar surface area (TPSA) is 30.0 Å². The molecule has 0 fully saturated rings. The lowest BCUT2D eigenvalue weighted by Crippen LogP contribution is -2.10. The van der Waals surface area contributed by atoms with Crippen molar-refractivity contribution in [1.29, 1.82) is 0 Å². The Kier molecular flexibility index (Phi) is 2.48. The highest BCUT2D eigenvalue weighted by molar-refractivity contribution is 6.01. The number of ketones is 1. The number of pyridine rings is 1. The summed E-state index contributed by atoms with van der Waals surface area (Å²) in [6.07, 6.45) is 5.28. The van der Waals surface area contributed by atoms with Crippen LogP contribution in [0.5, 0.6) is 0 Å². The van der Waals surface area contributed by atoms with Crippen molar-refractivity contribution < 1.29 is 4.79 Å². The molecule has 2 heteroatoms. The quantitative estimate of drug-likeness (QED) is 0.732. The van der Waals surface area contributed by atoms with Crippen LogP contribution in [0.15, 0.2) is 48.8 Å². The number of aromatic nitrogens is 1. The van der Waals surface area contributed by atoms with Crippen LogP contribution < -0.4 is 0 Å². The number of hydrogen-bond donors (Lipinski definition) is 0. The van der Waals surface area contributed by atoms with Crippen molar-refractivity contribution in [1.82, 2.24) is 4.98 Å². The van der Waals surface area contributed by atoms with E-state index in [0.29, 0.717) is 5.56 Å². The molecule has 0 bridgehead atoms. The van der Waals surface area contributed by atoms with Crippen LogP contribution in [0.4, 0.5) is 0 Å². The molecule has 1 aliphatic carbocycles. The van der Waals surface area contributed by atoms with Crippen LogP contribution >= 0.6 is 0 Å². The summed E-state index contributed by atoms with van der Waals surface area (Å²) in [4.78, 5) is 16.4. The third-order valence-corrected chi connectivity index (χ3v) is 3.40. The van der Waals surface area contributed by atoms with Gasteiger partial charge in [-0.15, -0.1) is 0 Å². The first-order valence-corrected chi connectivity index (χ1v) is 5.88. The van der Waals surface area contributed by atoms with Gasteiger partial charge in [0, 0.05) is 23.9 Å². The summed E-state index contributed by atoms with van der Waals surface area (Å²) >= 11 is 0. The molecule has 2 aromatic rings. The van der Waals surface area contributed by atoms with Crippen LogP contribution in [0.1, 0.15) is 33.8 Å². The molecule has 1 unspecified atom stereocenters. The van der Waals surface area contributed by atoms with Crippen molar-refractivity contribution >= 4 is 5.78 Å². The fourth-order valence-corrected chi connectivity index (χ4v) is 2.54. The van der Waals surface area contributed by atoms with Crippen LogP contribution in [0.2, 0.25) is 0 Å². The summed E-state index contributed by atoms with van der Waals surface area (Å²) in [5.41, 5.74) is 3.23. The number of hydrogen-bond acceptors (Lipinski definition) is 2. The number of nitrogens with zero attached hydrogens (tertiary/aromatic N) is 1. The molecule has 1 heterocycles. The molecule has 84 valence electrons. The fraction of sp³-hybridized carbons (Fsp3) is 0.200. The molecule has 1 aliphatic rings. The molecule has 1 atom stereocenters. The van der Waals surface area contributed by atoms with E-state index in [0.717, 1.165) is 12.8 Å². The summed E-state index contributed by atoms with van der Waals surface area (Å²) in [5, 5.41) is 0. The predicted octanol–water partition coefficient (Wildman–Crippen LogP) is 2.99. The van der Waals surface area contributed by atoms with Gasteiger partial charge in [0.2, 0.25) is 0 Å². The fourth-order valence-electron chi connectivity index (χ4n) is 2.54. The van der Waals surface area contributed by atoms with Crippen LogP contribution in [-0.4, -0.2) is 10.8 Å². The highest BCUT2D eigenvalue weighted by Crippen LogP contribution is 2.34. The zero-order valence-corrected chi connectivity index (χ0v) is 9.47. The Bertz CT molecular complexity index is 548. The summed E-state index contributed by atoms with van der Waals surface area (Å²) in [6.45, 7) is 0. The highest BCUT2D eigenvalue weighted by Gasteiger charge is 2.28. The van der Waals surface area contributed by atoms with Crippen molar-refractivity contribution in [2.75, 3.05) is 0 Å². The Morgan fingerprint density at radius 1 is 1.18 bits per heavy atom. The standard InChI is InChI=1S/C15H13NO/c17-15(12-5-3-9-16-10-12)14-8-7-11-4-1-2-6-13(11)14/h1-6,9-10,14H,7-8H2. The Morgan fingerprint density at radius 3 is 2.88 bits per heavy atom. The lowest BCUT2D eigenvalue weighted by Gasteiger charge is -2.09. The lowest BCUT2D eigenvalue weighted by molar-refractivity contribution is 0.0959. The van der Waals surface area contributed by atoms with Crippen LogP contribution in [0.3, 0.4) is 0 Å². The molecular formula is C15H13NO. The molecule has 0 amide bonds. The smallest absolute Gasteiger partial charge is 0.171 e. The molecule has 0 saturated heterocycles. The minimum atomic E-state index is 0.0235. The first-order valence-electron chi connectivity index (χ1n) is 5.88. The number of fused-ring (bicyclic) bond motifs is 1. The van der Waals surface area contributed by atoms with Crippen molar-refractivity contribution in [3.63, 3.8) is 0 Å². The van der Waals surface area contributed by atoms with Gasteiger partial charge < -0.3 is 0 Å². The third-order valence-electron chi connectivity index (χ3n) is 3.40. The first-order chi connectivity index (χ1) is 8.36. The number of benzene rings is 1. The van der Waals surface area contributed by atoms with E-state index in [2.05, 4.69) is 17.1 Å². The molecule has 0 N–H and O–H groups in total. The van der Waals surface area contributed by atoms with Crippen LogP contribution in [0, 0.1) is 0 Å². The van der Waals surface area contributed by atoms with E-state index in [1.54, 1.807) is 12.4 Å². The van der Waals surface area contributed by atoms with Gasteiger partial charge in [0.05, 0.1) is 0 Å². The minimum Gasteiger partial charge on any atom is -0.293 e. The molecule has 1 aromatic carbocycles. The monoisotopic (exact) mass is 223 g/mol. The average molecular weight is 223 g/mol. The molecule has 0 aliphatic heterocycles. The Hall–Kier alpha value is -1.96. The van der Waals surface area contributed by atoms with Crippen molar-refractivity contribution in [3.8, 4) is 0 Å². The first kappa shape index (κ1) is 10.2. The van der Waals surface area contributed by atoms with E-state index >= 15 is 0 Å². The lowest BCUT2D eigenvalue weighted by atomic mass is 9.93. The molecule has 0 spiro atoms. The Balaban J connectivity index is 1.95. The molecule has 0 radical (unpaired) electrons. The summed E-state index contributed by atoms with van der Waals surface area (Å²) in [6, 6.07) is 11.9. The highest BCUT2D eigenvalue weighted by atomic mass is 16.1. The van der Waals surface area contributed by atoms with Crippen molar-refractivity contribution in [2.24, 2.45) is 0 Å². The molecular weight excluding hydrogens is 210 g/mol. The number of rotatable bonds is 2. The molecule has 3 rings (SSSR count). The second kappa shape index (κ2) is 4.13. The van der Waals surface area contributed by atoms with Gasteiger partial charge in [-0.3, -0.25) is 9.78 Å². The second-order valence-electron chi connectivity index (χ2n) is 4.40. The number of carbonyl (C=O) groups is 1. The average Bonchev–Trinajstić information content (AvgIpc) is 2.83. The predicted molar refractivity (Wildman–Crippen MR) is 66.1 cm³/mol. The zero-order chi connectivity index (χ0) is 11.7. The van der Waals surface area contributed by atoms with Crippen LogP contribution in [-0.2, 0) is 6.42 Å². The number of Topliss-reactive ketones (excluding diaryl/α,β-unsaturated/α-hetero) is 1. The van der Waals surface area contributed by atoms with Gasteiger partial charge in [0.25, 0.3) is 0 Å². The van der Waals surface area contributed by atoms with Gasteiger partial charge in [-0.1, -0.05) is 24.3 Å². The van der Waals surface area contributed by atoms with E-state index < -0.39 is 0 Å². The van der Waals surface area contributed by atoms with Crippen molar-refractivity contribution in [2.45, 2.75) is 18.8 Å². The largest absolute Gasteiger partial charge is 0.293 e. The maximum Gasteiger partial charge on any atom is 0.171 e. The minimum absolute atomic E-state index is 0.0235. The number of carbonyl (C=O) groups excluding carboxylic acids is 1. The summed E-state index contributed by atoms with van der Waals surface area (Å²) < 4.78 is 0. The Labute approximate surface area is 100 Å². The van der Waals surface area contributed by atoms with E-state index in [1.807, 2.05) is 24.3 Å². The van der Waals surface area contributed by atoms with E-state index in [4.69, 9.17) is 0 Å². The van der Waals surface area contributed by atoms with Crippen molar-refractivity contribution in [3.05, 3.63) is 65.5 Å². The number of aryl methyl sites for hydroxylation is 1. The zero-order valence-electron chi connectivity index (χ0n) is 9.47. The maximum atomic E-state index is 12.4. The molecule has 0 saturated carbocycles. The molecule has 1 aromatic heterocycles. The normalized spacial score (nSPS) is 17.8. The summed E-state index contributed by atoms with van der Waals surface area (Å²) in [5.74, 6) is 0.221. The van der Waals surface area contributed by atoms with Crippen LogP contribution in [0.25, 0.3) is 0 Å². The van der Waals surface area contributed by atoms with Gasteiger partial charge in [-0.05, 0) is 36.1 Å². The SMILES string of the molecule is O=C(c1cccnc1)C1CCc2ccccc21. The van der Waals surface area contributed by atoms with Gasteiger partial charge in [0.15, 0.2) is 5.78 Å². The van der Waals surface area contributed by atoms with E-state index in [1.165, 1.54) is 11.1 Å². The molecule has 17 heavy (non-hydrogen) atoms. The third kappa shape index (κ3) is 1.76. The van der Waals surface area contributed by atoms with Gasteiger partial charge >= 0.3 is 0 Å². The van der Waals surface area contributed by atoms with Gasteiger partial charge in [-0.2, -0.15) is 0 Å². The summed E-state index contributed by atoms with van der Waals surface area (Å²) in [7, 11) is 0.